The summed E-state index contributed by atoms with van der Waals surface area (Å²) in [6.45, 7) is 8.27. The van der Waals surface area contributed by atoms with Crippen LogP contribution in [0.4, 0.5) is 0 Å². The number of hydrogen-bond acceptors (Lipinski definition) is 2. The van der Waals surface area contributed by atoms with Gasteiger partial charge in [-0.1, -0.05) is 32.6 Å². The van der Waals surface area contributed by atoms with E-state index in [1.165, 1.54) is 45.1 Å². The van der Waals surface area contributed by atoms with Crippen molar-refractivity contribution >= 4 is 0 Å². The van der Waals surface area contributed by atoms with E-state index in [2.05, 4.69) is 19.2 Å². The van der Waals surface area contributed by atoms with E-state index in [0.29, 0.717) is 0 Å². The van der Waals surface area contributed by atoms with E-state index in [-0.39, 0.29) is 0 Å². The molecule has 0 saturated heterocycles. The Bertz CT molecular complexity index is 153. The first-order valence-electron chi connectivity index (χ1n) is 7.15. The average molecular weight is 227 g/mol. The minimum atomic E-state index is 0.837. The van der Waals surface area contributed by atoms with E-state index in [1.54, 1.807) is 0 Å². The Morgan fingerprint density at radius 3 is 2.38 bits per heavy atom. The van der Waals surface area contributed by atoms with Gasteiger partial charge in [-0.2, -0.15) is 0 Å². The Hall–Kier alpha value is -0.0800. The zero-order chi connectivity index (χ0) is 11.6. The third kappa shape index (κ3) is 5.86. The van der Waals surface area contributed by atoms with E-state index < -0.39 is 0 Å². The van der Waals surface area contributed by atoms with Crippen molar-refractivity contribution in [3.05, 3.63) is 0 Å². The lowest BCUT2D eigenvalue weighted by molar-refractivity contribution is 0.146. The van der Waals surface area contributed by atoms with Crippen LogP contribution in [-0.4, -0.2) is 26.3 Å². The molecular weight excluding hydrogens is 198 g/mol. The van der Waals surface area contributed by atoms with Crippen LogP contribution < -0.4 is 5.32 Å². The first-order valence-corrected chi connectivity index (χ1v) is 7.15. The first-order chi connectivity index (χ1) is 7.86. The van der Waals surface area contributed by atoms with E-state index >= 15 is 0 Å². The Balaban J connectivity index is 1.95. The van der Waals surface area contributed by atoms with Gasteiger partial charge in [0.1, 0.15) is 0 Å². The molecule has 1 aliphatic carbocycles. The highest BCUT2D eigenvalue weighted by Crippen LogP contribution is 2.30. The highest BCUT2D eigenvalue weighted by Gasteiger charge is 2.19. The third-order valence-electron chi connectivity index (χ3n) is 3.72. The van der Waals surface area contributed by atoms with Crippen LogP contribution in [-0.2, 0) is 4.74 Å². The molecule has 2 nitrogen and oxygen atoms in total. The van der Waals surface area contributed by atoms with Crippen LogP contribution in [0.25, 0.3) is 0 Å². The van der Waals surface area contributed by atoms with Gasteiger partial charge in [-0.25, -0.2) is 0 Å². The molecule has 1 aliphatic rings. The fraction of sp³-hybridized carbons (Fsp3) is 1.00. The van der Waals surface area contributed by atoms with Crippen LogP contribution in [0.2, 0.25) is 0 Å². The third-order valence-corrected chi connectivity index (χ3v) is 3.72. The van der Waals surface area contributed by atoms with Crippen molar-refractivity contribution in [3.63, 3.8) is 0 Å². The second-order valence-electron chi connectivity index (χ2n) is 5.08. The van der Waals surface area contributed by atoms with Gasteiger partial charge >= 0.3 is 0 Å². The van der Waals surface area contributed by atoms with Gasteiger partial charge in [0.05, 0.1) is 6.61 Å². The minimum Gasteiger partial charge on any atom is -0.380 e. The minimum absolute atomic E-state index is 0.837. The normalized spacial score (nSPS) is 25.9. The van der Waals surface area contributed by atoms with Gasteiger partial charge in [0, 0.05) is 13.2 Å². The lowest BCUT2D eigenvalue weighted by atomic mass is 9.80. The number of rotatable bonds is 8. The summed E-state index contributed by atoms with van der Waals surface area (Å²) in [6.07, 6.45) is 8.61. The monoisotopic (exact) mass is 227 g/mol. The molecule has 0 spiro atoms. The smallest absolute Gasteiger partial charge is 0.0590 e. The Kier molecular flexibility index (Phi) is 7.87. The lowest BCUT2D eigenvalue weighted by Crippen LogP contribution is -2.29. The van der Waals surface area contributed by atoms with E-state index in [0.717, 1.165) is 31.6 Å². The van der Waals surface area contributed by atoms with Gasteiger partial charge in [-0.05, 0) is 38.1 Å². The zero-order valence-corrected chi connectivity index (χ0v) is 11.1. The Morgan fingerprint density at radius 2 is 1.75 bits per heavy atom. The molecule has 1 N–H and O–H groups in total. The summed E-state index contributed by atoms with van der Waals surface area (Å²) in [5.74, 6) is 1.96. The SMILES string of the molecule is CCCC1CCC(CNCCOCC)CC1. The summed E-state index contributed by atoms with van der Waals surface area (Å²) in [4.78, 5) is 0. The molecule has 0 amide bonds. The maximum Gasteiger partial charge on any atom is 0.0590 e. The van der Waals surface area contributed by atoms with Gasteiger partial charge < -0.3 is 10.1 Å². The number of ether oxygens (including phenoxy) is 1. The molecule has 0 heterocycles. The summed E-state index contributed by atoms with van der Waals surface area (Å²) >= 11 is 0. The molecule has 0 aliphatic heterocycles. The van der Waals surface area contributed by atoms with Crippen molar-refractivity contribution < 1.29 is 4.74 Å². The molecule has 0 atom stereocenters. The van der Waals surface area contributed by atoms with Crippen LogP contribution in [0.5, 0.6) is 0 Å². The molecule has 96 valence electrons. The van der Waals surface area contributed by atoms with Crippen LogP contribution in [0, 0.1) is 11.8 Å². The molecule has 0 aromatic rings. The quantitative estimate of drug-likeness (QED) is 0.643. The van der Waals surface area contributed by atoms with Gasteiger partial charge in [0.25, 0.3) is 0 Å². The molecule has 0 unspecified atom stereocenters. The van der Waals surface area contributed by atoms with Crippen LogP contribution >= 0.6 is 0 Å². The van der Waals surface area contributed by atoms with Crippen molar-refractivity contribution in [2.45, 2.75) is 52.4 Å². The molecule has 0 bridgehead atoms. The Morgan fingerprint density at radius 1 is 1.06 bits per heavy atom. The zero-order valence-electron chi connectivity index (χ0n) is 11.1. The summed E-state index contributed by atoms with van der Waals surface area (Å²) in [5.41, 5.74) is 0. The standard InChI is InChI=1S/C14H29NO/c1-3-5-13-6-8-14(9-7-13)12-15-10-11-16-4-2/h13-15H,3-12H2,1-2H3. The van der Waals surface area contributed by atoms with E-state index in [4.69, 9.17) is 4.74 Å². The maximum absolute atomic E-state index is 5.31. The van der Waals surface area contributed by atoms with Gasteiger partial charge in [0.2, 0.25) is 0 Å². The second kappa shape index (κ2) is 9.00. The summed E-state index contributed by atoms with van der Waals surface area (Å²) in [7, 11) is 0. The molecule has 1 fully saturated rings. The van der Waals surface area contributed by atoms with Crippen LogP contribution in [0.1, 0.15) is 52.4 Å². The predicted octanol–water partition coefficient (Wildman–Crippen LogP) is 3.22. The lowest BCUT2D eigenvalue weighted by Gasteiger charge is -2.28. The summed E-state index contributed by atoms with van der Waals surface area (Å²) < 4.78 is 5.31. The van der Waals surface area contributed by atoms with Crippen LogP contribution in [0.3, 0.4) is 0 Å². The first kappa shape index (κ1) is 14.0. The maximum atomic E-state index is 5.31. The molecule has 0 aromatic carbocycles. The molecule has 1 saturated carbocycles. The van der Waals surface area contributed by atoms with Gasteiger partial charge in [0.15, 0.2) is 0 Å². The molecule has 0 aromatic heterocycles. The van der Waals surface area contributed by atoms with Crippen LogP contribution in [0.15, 0.2) is 0 Å². The largest absolute Gasteiger partial charge is 0.380 e. The molecule has 16 heavy (non-hydrogen) atoms. The van der Waals surface area contributed by atoms with Gasteiger partial charge in [-0.3, -0.25) is 0 Å². The molecular formula is C14H29NO. The Labute approximate surface area is 101 Å². The highest BCUT2D eigenvalue weighted by atomic mass is 16.5. The molecule has 1 rings (SSSR count). The molecule has 0 radical (unpaired) electrons. The average Bonchev–Trinajstić information content (AvgIpc) is 2.31. The fourth-order valence-electron chi connectivity index (χ4n) is 2.73. The van der Waals surface area contributed by atoms with Crippen molar-refractivity contribution in [1.82, 2.24) is 5.32 Å². The predicted molar refractivity (Wildman–Crippen MR) is 69.7 cm³/mol. The van der Waals surface area contributed by atoms with Crippen molar-refractivity contribution in [3.8, 4) is 0 Å². The van der Waals surface area contributed by atoms with Gasteiger partial charge in [-0.15, -0.1) is 0 Å². The van der Waals surface area contributed by atoms with Crippen molar-refractivity contribution in [1.29, 1.82) is 0 Å². The topological polar surface area (TPSA) is 21.3 Å². The second-order valence-corrected chi connectivity index (χ2v) is 5.08. The van der Waals surface area contributed by atoms with E-state index in [1.807, 2.05) is 0 Å². The number of nitrogens with one attached hydrogen (secondary N) is 1. The number of hydrogen-bond donors (Lipinski definition) is 1. The van der Waals surface area contributed by atoms with Crippen molar-refractivity contribution in [2.75, 3.05) is 26.3 Å². The fourth-order valence-corrected chi connectivity index (χ4v) is 2.73. The summed E-state index contributed by atoms with van der Waals surface area (Å²) in [5, 5.41) is 3.51. The van der Waals surface area contributed by atoms with Crippen molar-refractivity contribution in [2.24, 2.45) is 11.8 Å². The van der Waals surface area contributed by atoms with E-state index in [9.17, 15) is 0 Å². The summed E-state index contributed by atoms with van der Waals surface area (Å²) in [6, 6.07) is 0. The highest BCUT2D eigenvalue weighted by molar-refractivity contribution is 4.73. The molecule has 2 heteroatoms.